The number of methoxy groups -OCH3 is 2. The third kappa shape index (κ3) is 5.69. The molecule has 0 unspecified atom stereocenters. The van der Waals surface area contributed by atoms with Gasteiger partial charge in [-0.3, -0.25) is 9.59 Å². The second kappa shape index (κ2) is 10.4. The predicted molar refractivity (Wildman–Crippen MR) is 115 cm³/mol. The number of benzene rings is 2. The van der Waals surface area contributed by atoms with Crippen LogP contribution in [0.25, 0.3) is 0 Å². The molecule has 1 aliphatic heterocycles. The van der Waals surface area contributed by atoms with Crippen molar-refractivity contribution >= 4 is 24.0 Å². The molecular weight excluding hydrogens is 398 g/mol. The lowest BCUT2D eigenvalue weighted by Gasteiger charge is -2.31. The van der Waals surface area contributed by atoms with E-state index in [4.69, 9.17) is 4.74 Å². The summed E-state index contributed by atoms with van der Waals surface area (Å²) < 4.78 is 9.83. The van der Waals surface area contributed by atoms with Crippen LogP contribution in [-0.2, 0) is 9.53 Å². The molecule has 1 fully saturated rings. The van der Waals surface area contributed by atoms with Crippen LogP contribution in [0.1, 0.15) is 39.1 Å². The first-order chi connectivity index (χ1) is 15.0. The zero-order valence-corrected chi connectivity index (χ0v) is 17.5. The lowest BCUT2D eigenvalue weighted by molar-refractivity contribution is -0.126. The smallest absolute Gasteiger partial charge is 0.337 e. The molecule has 0 aliphatic carbocycles. The lowest BCUT2D eigenvalue weighted by Crippen LogP contribution is -2.42. The van der Waals surface area contributed by atoms with Gasteiger partial charge < -0.3 is 14.4 Å². The molecular formula is C23H25N3O5. The number of nitrogens with one attached hydrogen (secondary N) is 1. The molecule has 0 spiro atoms. The van der Waals surface area contributed by atoms with Crippen molar-refractivity contribution in [2.75, 3.05) is 27.3 Å². The van der Waals surface area contributed by atoms with Crippen molar-refractivity contribution < 1.29 is 23.9 Å². The second-order valence-electron chi connectivity index (χ2n) is 7.15. The molecule has 1 aliphatic rings. The van der Waals surface area contributed by atoms with E-state index < -0.39 is 5.97 Å². The minimum absolute atomic E-state index is 0.0637. The van der Waals surface area contributed by atoms with E-state index in [1.807, 2.05) is 0 Å². The van der Waals surface area contributed by atoms with Crippen molar-refractivity contribution in [2.24, 2.45) is 11.0 Å². The highest BCUT2D eigenvalue weighted by Crippen LogP contribution is 2.21. The predicted octanol–water partition coefficient (Wildman–Crippen LogP) is 2.48. The molecule has 0 radical (unpaired) electrons. The number of hydrazone groups is 1. The standard InChI is InChI=1S/C23H25N3O5/c1-30-20-5-3-4-19(14-20)22(28)26-12-10-17(11-13-26)21(27)25-24-15-16-6-8-18(9-7-16)23(29)31-2/h3-9,14-15,17H,10-13H2,1-2H3,(H,25,27)/b24-15-. The molecule has 2 amide bonds. The van der Waals surface area contributed by atoms with E-state index >= 15 is 0 Å². The molecule has 3 rings (SSSR count). The molecule has 0 aromatic heterocycles. The Morgan fingerprint density at radius 1 is 1.03 bits per heavy atom. The first-order valence-electron chi connectivity index (χ1n) is 9.96. The molecule has 1 N–H and O–H groups in total. The van der Waals surface area contributed by atoms with Crippen LogP contribution < -0.4 is 10.2 Å². The Balaban J connectivity index is 1.48. The number of amides is 2. The summed E-state index contributed by atoms with van der Waals surface area (Å²) in [4.78, 5) is 38.3. The number of likely N-dealkylation sites (tertiary alicyclic amines) is 1. The number of hydrogen-bond donors (Lipinski definition) is 1. The number of hydrogen-bond acceptors (Lipinski definition) is 6. The molecule has 162 valence electrons. The van der Waals surface area contributed by atoms with Crippen LogP contribution in [0.4, 0.5) is 0 Å². The van der Waals surface area contributed by atoms with Crippen LogP contribution in [0.15, 0.2) is 53.6 Å². The molecule has 8 heteroatoms. The van der Waals surface area contributed by atoms with Crippen LogP contribution >= 0.6 is 0 Å². The van der Waals surface area contributed by atoms with E-state index in [0.29, 0.717) is 42.8 Å². The van der Waals surface area contributed by atoms with Gasteiger partial charge in [-0.2, -0.15) is 5.10 Å². The molecule has 0 atom stereocenters. The highest BCUT2D eigenvalue weighted by Gasteiger charge is 2.27. The first kappa shape index (κ1) is 22.0. The third-order valence-corrected chi connectivity index (χ3v) is 5.19. The van der Waals surface area contributed by atoms with E-state index in [1.54, 1.807) is 60.5 Å². The zero-order chi connectivity index (χ0) is 22.2. The summed E-state index contributed by atoms with van der Waals surface area (Å²) in [6.45, 7) is 1.01. The Morgan fingerprint density at radius 3 is 2.39 bits per heavy atom. The lowest BCUT2D eigenvalue weighted by atomic mass is 9.95. The van der Waals surface area contributed by atoms with Crippen molar-refractivity contribution in [3.8, 4) is 5.75 Å². The maximum Gasteiger partial charge on any atom is 0.337 e. The van der Waals surface area contributed by atoms with Crippen LogP contribution in [0.5, 0.6) is 5.75 Å². The quantitative estimate of drug-likeness (QED) is 0.437. The summed E-state index contributed by atoms with van der Waals surface area (Å²) in [6.07, 6.45) is 2.66. The Labute approximate surface area is 180 Å². The normalized spacial score (nSPS) is 14.3. The largest absolute Gasteiger partial charge is 0.497 e. The second-order valence-corrected chi connectivity index (χ2v) is 7.15. The molecule has 0 saturated carbocycles. The number of esters is 1. The summed E-state index contributed by atoms with van der Waals surface area (Å²) in [5.74, 6) is -0.207. The van der Waals surface area contributed by atoms with E-state index in [2.05, 4.69) is 15.3 Å². The summed E-state index contributed by atoms with van der Waals surface area (Å²) in [7, 11) is 2.89. The number of nitrogens with zero attached hydrogens (tertiary/aromatic N) is 2. The van der Waals surface area contributed by atoms with Crippen LogP contribution in [0, 0.1) is 5.92 Å². The number of ether oxygens (including phenoxy) is 2. The SMILES string of the molecule is COC(=O)c1ccc(/C=N\NC(=O)C2CCN(C(=O)c3cccc(OC)c3)CC2)cc1. The summed E-state index contributed by atoms with van der Waals surface area (Å²) in [6, 6.07) is 13.7. The van der Waals surface area contributed by atoms with Crippen molar-refractivity contribution in [3.05, 3.63) is 65.2 Å². The molecule has 8 nitrogen and oxygen atoms in total. The molecule has 2 aromatic rings. The Morgan fingerprint density at radius 2 is 1.74 bits per heavy atom. The monoisotopic (exact) mass is 423 g/mol. The van der Waals surface area contributed by atoms with Gasteiger partial charge in [0.1, 0.15) is 5.75 Å². The summed E-state index contributed by atoms with van der Waals surface area (Å²) >= 11 is 0. The van der Waals surface area contributed by atoms with Crippen LogP contribution in [0.2, 0.25) is 0 Å². The van der Waals surface area contributed by atoms with Crippen LogP contribution in [-0.4, -0.2) is 56.2 Å². The molecule has 2 aromatic carbocycles. The van der Waals surface area contributed by atoms with E-state index in [9.17, 15) is 14.4 Å². The molecule has 31 heavy (non-hydrogen) atoms. The van der Waals surface area contributed by atoms with Gasteiger partial charge in [0.05, 0.1) is 26.0 Å². The van der Waals surface area contributed by atoms with E-state index in [-0.39, 0.29) is 17.7 Å². The number of rotatable bonds is 6. The Kier molecular flexibility index (Phi) is 7.37. The van der Waals surface area contributed by atoms with Gasteiger partial charge >= 0.3 is 5.97 Å². The third-order valence-electron chi connectivity index (χ3n) is 5.19. The van der Waals surface area contributed by atoms with Crippen molar-refractivity contribution in [3.63, 3.8) is 0 Å². The zero-order valence-electron chi connectivity index (χ0n) is 17.5. The van der Waals surface area contributed by atoms with Gasteiger partial charge in [-0.15, -0.1) is 0 Å². The fourth-order valence-electron chi connectivity index (χ4n) is 3.37. The maximum atomic E-state index is 12.7. The average molecular weight is 423 g/mol. The van der Waals surface area contributed by atoms with Crippen molar-refractivity contribution in [2.45, 2.75) is 12.8 Å². The number of piperidine rings is 1. The Hall–Kier alpha value is -3.68. The summed E-state index contributed by atoms with van der Waals surface area (Å²) in [5.41, 5.74) is 4.32. The number of carbonyl (C=O) groups is 3. The van der Waals surface area contributed by atoms with Gasteiger partial charge in [-0.25, -0.2) is 10.2 Å². The average Bonchev–Trinajstić information content (AvgIpc) is 2.83. The van der Waals surface area contributed by atoms with Gasteiger partial charge in [0.25, 0.3) is 5.91 Å². The minimum atomic E-state index is -0.409. The van der Waals surface area contributed by atoms with Crippen molar-refractivity contribution in [1.29, 1.82) is 0 Å². The fourth-order valence-corrected chi connectivity index (χ4v) is 3.37. The van der Waals surface area contributed by atoms with Crippen molar-refractivity contribution in [1.82, 2.24) is 10.3 Å². The van der Waals surface area contributed by atoms with Gasteiger partial charge in [0, 0.05) is 24.6 Å². The summed E-state index contributed by atoms with van der Waals surface area (Å²) in [5, 5.41) is 4.00. The highest BCUT2D eigenvalue weighted by molar-refractivity contribution is 5.95. The topological polar surface area (TPSA) is 97.3 Å². The highest BCUT2D eigenvalue weighted by atomic mass is 16.5. The van der Waals surface area contributed by atoms with E-state index in [1.165, 1.54) is 13.3 Å². The fraction of sp³-hybridized carbons (Fsp3) is 0.304. The first-order valence-corrected chi connectivity index (χ1v) is 9.96. The molecule has 1 heterocycles. The van der Waals surface area contributed by atoms with Gasteiger partial charge in [0.2, 0.25) is 5.91 Å². The van der Waals surface area contributed by atoms with Gasteiger partial charge in [-0.05, 0) is 48.7 Å². The van der Waals surface area contributed by atoms with E-state index in [0.717, 1.165) is 5.56 Å². The number of carbonyl (C=O) groups excluding carboxylic acids is 3. The van der Waals surface area contributed by atoms with Gasteiger partial charge in [0.15, 0.2) is 0 Å². The molecule has 1 saturated heterocycles. The maximum absolute atomic E-state index is 12.7. The Bertz CT molecular complexity index is 963. The molecule has 0 bridgehead atoms. The van der Waals surface area contributed by atoms with Crippen LogP contribution in [0.3, 0.4) is 0 Å². The van der Waals surface area contributed by atoms with Gasteiger partial charge in [-0.1, -0.05) is 18.2 Å². The minimum Gasteiger partial charge on any atom is -0.497 e.